The lowest BCUT2D eigenvalue weighted by molar-refractivity contribution is -0.0954. The number of amidine groups is 1. The molecule has 0 amide bonds. The van der Waals surface area contributed by atoms with Crippen LogP contribution in [-0.2, 0) is 4.74 Å². The number of nitrogens with one attached hydrogen (secondary N) is 1. The number of hydrogen-bond acceptors (Lipinski definition) is 4. The molecule has 1 heterocycles. The van der Waals surface area contributed by atoms with Crippen LogP contribution in [0.2, 0.25) is 0 Å². The first-order valence-corrected chi connectivity index (χ1v) is 6.68. The Morgan fingerprint density at radius 3 is 2.72 bits per heavy atom. The molecule has 2 unspecified atom stereocenters. The van der Waals surface area contributed by atoms with E-state index >= 15 is 0 Å². The van der Waals surface area contributed by atoms with E-state index in [9.17, 15) is 0 Å². The Balaban J connectivity index is 2.33. The summed E-state index contributed by atoms with van der Waals surface area (Å²) >= 11 is 0. The topological polar surface area (TPSA) is 82.6 Å². The van der Waals surface area contributed by atoms with Gasteiger partial charge in [0.25, 0.3) is 0 Å². The Hall–Kier alpha value is -0.650. The molecule has 0 radical (unpaired) electrons. The van der Waals surface area contributed by atoms with E-state index in [1.54, 1.807) is 0 Å². The van der Waals surface area contributed by atoms with Gasteiger partial charge >= 0.3 is 0 Å². The fourth-order valence-electron chi connectivity index (χ4n) is 2.30. The normalized spacial score (nSPS) is 26.2. The summed E-state index contributed by atoms with van der Waals surface area (Å²) < 4.78 is 5.61. The second kappa shape index (κ2) is 6.50. The molecule has 1 fully saturated rings. The summed E-state index contributed by atoms with van der Waals surface area (Å²) in [6, 6.07) is 0. The van der Waals surface area contributed by atoms with Gasteiger partial charge in [-0.15, -0.1) is 0 Å². The number of aliphatic hydroxyl groups excluding tert-OH is 1. The maximum Gasteiger partial charge on any atom is 0.0963 e. The third-order valence-electron chi connectivity index (χ3n) is 3.61. The summed E-state index contributed by atoms with van der Waals surface area (Å²) in [5, 5.41) is 16.7. The van der Waals surface area contributed by atoms with Crippen LogP contribution in [0.25, 0.3) is 0 Å². The zero-order valence-electron chi connectivity index (χ0n) is 11.8. The van der Waals surface area contributed by atoms with Gasteiger partial charge in [-0.25, -0.2) is 0 Å². The molecule has 0 spiro atoms. The summed E-state index contributed by atoms with van der Waals surface area (Å²) in [6.07, 6.45) is 2.04. The third-order valence-corrected chi connectivity index (χ3v) is 3.61. The maximum atomic E-state index is 9.16. The molecule has 0 aliphatic carbocycles. The molecule has 4 N–H and O–H groups in total. The second-order valence-electron chi connectivity index (χ2n) is 5.91. The summed E-state index contributed by atoms with van der Waals surface area (Å²) in [7, 11) is 0. The Kier molecular flexibility index (Phi) is 5.56. The maximum absolute atomic E-state index is 9.16. The van der Waals surface area contributed by atoms with E-state index in [0.717, 1.165) is 32.5 Å². The molecule has 5 heteroatoms. The molecular formula is C13H27N3O2. The van der Waals surface area contributed by atoms with E-state index in [1.165, 1.54) is 0 Å². The summed E-state index contributed by atoms with van der Waals surface area (Å²) in [5.41, 5.74) is 5.36. The van der Waals surface area contributed by atoms with Crippen molar-refractivity contribution in [2.24, 2.45) is 11.1 Å². The standard InChI is InChI=1S/C13H27N3O2/c1-10-7-16(8-11(9-17)18-10)6-4-5-13(2,3)12(14)15/h10-11,17H,4-9H2,1-3H3,(H3,14,15). The van der Waals surface area contributed by atoms with Crippen molar-refractivity contribution in [3.05, 3.63) is 0 Å². The molecule has 0 aromatic rings. The fourth-order valence-corrected chi connectivity index (χ4v) is 2.30. The lowest BCUT2D eigenvalue weighted by Crippen LogP contribution is -2.48. The van der Waals surface area contributed by atoms with Crippen molar-refractivity contribution in [2.75, 3.05) is 26.2 Å². The molecule has 0 saturated carbocycles. The summed E-state index contributed by atoms with van der Waals surface area (Å²) in [4.78, 5) is 2.32. The zero-order chi connectivity index (χ0) is 13.8. The quantitative estimate of drug-likeness (QED) is 0.486. The van der Waals surface area contributed by atoms with Crippen molar-refractivity contribution in [3.63, 3.8) is 0 Å². The van der Waals surface area contributed by atoms with Crippen molar-refractivity contribution in [3.8, 4) is 0 Å². The van der Waals surface area contributed by atoms with Gasteiger partial charge in [-0.1, -0.05) is 13.8 Å². The summed E-state index contributed by atoms with van der Waals surface area (Å²) in [5.74, 6) is 0.256. The molecule has 1 aliphatic rings. The van der Waals surface area contributed by atoms with Crippen LogP contribution in [0, 0.1) is 10.8 Å². The predicted molar refractivity (Wildman–Crippen MR) is 72.8 cm³/mol. The minimum Gasteiger partial charge on any atom is -0.394 e. The number of aliphatic hydroxyl groups is 1. The Labute approximate surface area is 110 Å². The second-order valence-corrected chi connectivity index (χ2v) is 5.91. The number of nitrogens with two attached hydrogens (primary N) is 1. The smallest absolute Gasteiger partial charge is 0.0963 e. The Morgan fingerprint density at radius 1 is 1.50 bits per heavy atom. The van der Waals surface area contributed by atoms with E-state index in [-0.39, 0.29) is 30.1 Å². The largest absolute Gasteiger partial charge is 0.394 e. The van der Waals surface area contributed by atoms with E-state index in [4.69, 9.17) is 21.0 Å². The zero-order valence-corrected chi connectivity index (χ0v) is 11.8. The van der Waals surface area contributed by atoms with E-state index in [1.807, 2.05) is 20.8 Å². The first-order valence-electron chi connectivity index (χ1n) is 6.68. The minimum atomic E-state index is -0.214. The van der Waals surface area contributed by atoms with Crippen LogP contribution in [0.1, 0.15) is 33.6 Å². The number of nitrogens with zero attached hydrogens (tertiary/aromatic N) is 1. The molecule has 1 rings (SSSR count). The van der Waals surface area contributed by atoms with Crippen molar-refractivity contribution < 1.29 is 9.84 Å². The van der Waals surface area contributed by atoms with Crippen LogP contribution in [0.15, 0.2) is 0 Å². The SMILES string of the molecule is CC1CN(CCCC(C)(C)C(=N)N)CC(CO)O1. The molecule has 0 aromatic carbocycles. The van der Waals surface area contributed by atoms with Crippen LogP contribution in [-0.4, -0.2) is 54.3 Å². The predicted octanol–water partition coefficient (Wildman–Crippen LogP) is 0.810. The van der Waals surface area contributed by atoms with Crippen molar-refractivity contribution >= 4 is 5.84 Å². The van der Waals surface area contributed by atoms with Gasteiger partial charge in [-0.2, -0.15) is 0 Å². The van der Waals surface area contributed by atoms with Crippen LogP contribution < -0.4 is 5.73 Å². The van der Waals surface area contributed by atoms with Crippen LogP contribution in [0.5, 0.6) is 0 Å². The summed E-state index contributed by atoms with van der Waals surface area (Å²) in [6.45, 7) is 8.81. The highest BCUT2D eigenvalue weighted by atomic mass is 16.5. The van der Waals surface area contributed by atoms with Gasteiger partial charge in [-0.3, -0.25) is 10.3 Å². The highest BCUT2D eigenvalue weighted by molar-refractivity contribution is 5.82. The number of rotatable bonds is 6. The van der Waals surface area contributed by atoms with Crippen LogP contribution in [0.3, 0.4) is 0 Å². The number of ether oxygens (including phenoxy) is 1. The van der Waals surface area contributed by atoms with Crippen molar-refractivity contribution in [1.82, 2.24) is 4.90 Å². The molecule has 0 bridgehead atoms. The Bertz CT molecular complexity index is 281. The third kappa shape index (κ3) is 4.55. The lowest BCUT2D eigenvalue weighted by atomic mass is 9.86. The molecular weight excluding hydrogens is 230 g/mol. The molecule has 106 valence electrons. The molecule has 1 aliphatic heterocycles. The molecule has 5 nitrogen and oxygen atoms in total. The van der Waals surface area contributed by atoms with Gasteiger partial charge in [0.05, 0.1) is 24.7 Å². The number of hydrogen-bond donors (Lipinski definition) is 3. The molecule has 1 saturated heterocycles. The first kappa shape index (κ1) is 15.4. The fraction of sp³-hybridized carbons (Fsp3) is 0.923. The van der Waals surface area contributed by atoms with Gasteiger partial charge in [0, 0.05) is 18.5 Å². The van der Waals surface area contributed by atoms with Crippen molar-refractivity contribution in [1.29, 1.82) is 5.41 Å². The van der Waals surface area contributed by atoms with Crippen LogP contribution >= 0.6 is 0 Å². The highest BCUT2D eigenvalue weighted by Gasteiger charge is 2.26. The van der Waals surface area contributed by atoms with Gasteiger partial charge in [0.1, 0.15) is 0 Å². The van der Waals surface area contributed by atoms with E-state index in [0.29, 0.717) is 0 Å². The minimum absolute atomic E-state index is 0.0606. The van der Waals surface area contributed by atoms with Gasteiger partial charge in [0.15, 0.2) is 0 Å². The van der Waals surface area contributed by atoms with E-state index < -0.39 is 0 Å². The van der Waals surface area contributed by atoms with Crippen molar-refractivity contribution in [2.45, 2.75) is 45.8 Å². The first-order chi connectivity index (χ1) is 8.35. The van der Waals surface area contributed by atoms with Gasteiger partial charge in [0.2, 0.25) is 0 Å². The average Bonchev–Trinajstić information content (AvgIpc) is 2.27. The molecule has 0 aromatic heterocycles. The Morgan fingerprint density at radius 2 is 2.17 bits per heavy atom. The number of morpholine rings is 1. The van der Waals surface area contributed by atoms with E-state index in [2.05, 4.69) is 4.90 Å². The monoisotopic (exact) mass is 257 g/mol. The average molecular weight is 257 g/mol. The lowest BCUT2D eigenvalue weighted by Gasteiger charge is -2.36. The van der Waals surface area contributed by atoms with Gasteiger partial charge < -0.3 is 15.6 Å². The molecule has 2 atom stereocenters. The highest BCUT2D eigenvalue weighted by Crippen LogP contribution is 2.22. The molecule has 18 heavy (non-hydrogen) atoms. The van der Waals surface area contributed by atoms with Crippen LogP contribution in [0.4, 0.5) is 0 Å². The van der Waals surface area contributed by atoms with Gasteiger partial charge in [-0.05, 0) is 26.3 Å².